The molecule has 1 saturated carbocycles. The van der Waals surface area contributed by atoms with E-state index in [2.05, 4.69) is 6.58 Å². The summed E-state index contributed by atoms with van der Waals surface area (Å²) in [4.78, 5) is 28.0. The lowest BCUT2D eigenvalue weighted by atomic mass is 9.78. The number of allylic oxidation sites excluding steroid dienone is 1. The van der Waals surface area contributed by atoms with Gasteiger partial charge in [-0.05, 0) is 43.7 Å². The largest absolute Gasteiger partial charge is 0.459 e. The van der Waals surface area contributed by atoms with Gasteiger partial charge in [-0.25, -0.2) is 0 Å². The van der Waals surface area contributed by atoms with Crippen molar-refractivity contribution in [2.45, 2.75) is 32.1 Å². The summed E-state index contributed by atoms with van der Waals surface area (Å²) in [5.41, 5.74) is 1.35. The van der Waals surface area contributed by atoms with Gasteiger partial charge in [0, 0.05) is 32.6 Å². The number of hydrogen-bond acceptors (Lipinski definition) is 3. The maximum absolute atomic E-state index is 12.2. The second-order valence-corrected chi connectivity index (χ2v) is 6.57. The predicted octanol–water partition coefficient (Wildman–Crippen LogP) is 2.70. The molecule has 1 aliphatic carbocycles. The van der Waals surface area contributed by atoms with E-state index in [1.54, 1.807) is 17.0 Å². The smallest absolute Gasteiger partial charge is 0.289 e. The summed E-state index contributed by atoms with van der Waals surface area (Å²) in [5.74, 6) is 1.24. The lowest BCUT2D eigenvalue weighted by Gasteiger charge is -2.34. The summed E-state index contributed by atoms with van der Waals surface area (Å²) in [6, 6.07) is 3.39. The number of amides is 2. The van der Waals surface area contributed by atoms with Crippen molar-refractivity contribution >= 4 is 11.8 Å². The molecule has 0 unspecified atom stereocenters. The number of rotatable bonds is 5. The van der Waals surface area contributed by atoms with Crippen LogP contribution in [-0.2, 0) is 4.79 Å². The van der Waals surface area contributed by atoms with Gasteiger partial charge in [-0.1, -0.05) is 12.2 Å². The maximum atomic E-state index is 12.2. The zero-order chi connectivity index (χ0) is 16.2. The number of carbonyl (C=O) groups excluding carboxylic acids is 2. The van der Waals surface area contributed by atoms with Crippen molar-refractivity contribution in [3.63, 3.8) is 0 Å². The second kappa shape index (κ2) is 7.02. The van der Waals surface area contributed by atoms with Crippen LogP contribution in [0, 0.1) is 5.92 Å². The molecule has 0 radical (unpaired) electrons. The minimum absolute atomic E-state index is 0.0905. The molecule has 1 aromatic heterocycles. The molecular formula is C18H24N2O3. The van der Waals surface area contributed by atoms with Crippen LogP contribution >= 0.6 is 0 Å². The van der Waals surface area contributed by atoms with Gasteiger partial charge in [-0.2, -0.15) is 0 Å². The fourth-order valence-corrected chi connectivity index (χ4v) is 3.38. The highest BCUT2D eigenvalue weighted by Crippen LogP contribution is 2.35. The van der Waals surface area contributed by atoms with Crippen molar-refractivity contribution in [1.29, 1.82) is 0 Å². The zero-order valence-electron chi connectivity index (χ0n) is 13.5. The van der Waals surface area contributed by atoms with E-state index in [4.69, 9.17) is 4.42 Å². The number of hydrogen-bond donors (Lipinski definition) is 0. The summed E-state index contributed by atoms with van der Waals surface area (Å²) < 4.78 is 5.14. The highest BCUT2D eigenvalue weighted by Gasteiger charge is 2.26. The maximum Gasteiger partial charge on any atom is 0.289 e. The van der Waals surface area contributed by atoms with Gasteiger partial charge in [0.05, 0.1) is 6.26 Å². The van der Waals surface area contributed by atoms with Crippen molar-refractivity contribution in [2.75, 3.05) is 26.2 Å². The Labute approximate surface area is 136 Å². The quantitative estimate of drug-likeness (QED) is 0.785. The lowest BCUT2D eigenvalue weighted by molar-refractivity contribution is -0.132. The Morgan fingerprint density at radius 3 is 2.48 bits per heavy atom. The average Bonchev–Trinajstić information content (AvgIpc) is 3.07. The molecule has 0 aromatic carbocycles. The Morgan fingerprint density at radius 2 is 1.87 bits per heavy atom. The van der Waals surface area contributed by atoms with E-state index in [0.29, 0.717) is 38.4 Å². The number of piperazine rings is 1. The number of nitrogens with zero attached hydrogens (tertiary/aromatic N) is 2. The van der Waals surface area contributed by atoms with E-state index in [1.807, 2.05) is 4.90 Å². The average molecular weight is 316 g/mol. The van der Waals surface area contributed by atoms with Crippen LogP contribution < -0.4 is 0 Å². The van der Waals surface area contributed by atoms with Gasteiger partial charge in [-0.15, -0.1) is 0 Å². The van der Waals surface area contributed by atoms with E-state index in [0.717, 1.165) is 31.6 Å². The Bertz CT molecular complexity index is 563. The summed E-state index contributed by atoms with van der Waals surface area (Å²) in [7, 11) is 0. The molecule has 3 rings (SSSR count). The summed E-state index contributed by atoms with van der Waals surface area (Å²) in [6.45, 7) is 6.34. The van der Waals surface area contributed by atoms with Crippen LogP contribution in [0.15, 0.2) is 35.0 Å². The van der Waals surface area contributed by atoms with E-state index in [9.17, 15) is 9.59 Å². The molecule has 5 heteroatoms. The third-order valence-corrected chi connectivity index (χ3v) is 4.81. The Morgan fingerprint density at radius 1 is 1.17 bits per heavy atom. The van der Waals surface area contributed by atoms with Crippen molar-refractivity contribution < 1.29 is 14.0 Å². The fraction of sp³-hybridized carbons (Fsp3) is 0.556. The van der Waals surface area contributed by atoms with Gasteiger partial charge < -0.3 is 14.2 Å². The Hall–Kier alpha value is -2.04. The number of carbonyl (C=O) groups is 2. The van der Waals surface area contributed by atoms with Crippen LogP contribution in [0.1, 0.15) is 42.7 Å². The molecule has 2 amide bonds. The standard InChI is InChI=1S/C18H24N2O3/c1-14-12-15(13-14)4-2-6-17(21)19-7-9-20(10-8-19)18(22)16-5-3-11-23-16/h3,5,11,15H,1-2,4,6-10,12-13H2. The third kappa shape index (κ3) is 3.84. The summed E-state index contributed by atoms with van der Waals surface area (Å²) >= 11 is 0. The first kappa shape index (κ1) is 15.8. The van der Waals surface area contributed by atoms with E-state index in [-0.39, 0.29) is 11.8 Å². The van der Waals surface area contributed by atoms with Gasteiger partial charge in [-0.3, -0.25) is 9.59 Å². The molecule has 1 aromatic rings. The highest BCUT2D eigenvalue weighted by molar-refractivity contribution is 5.91. The van der Waals surface area contributed by atoms with Gasteiger partial charge in [0.2, 0.25) is 5.91 Å². The predicted molar refractivity (Wildman–Crippen MR) is 86.9 cm³/mol. The fourth-order valence-electron chi connectivity index (χ4n) is 3.38. The van der Waals surface area contributed by atoms with Crippen LogP contribution in [0.25, 0.3) is 0 Å². The molecule has 2 heterocycles. The SMILES string of the molecule is C=C1CC(CCCC(=O)N2CCN(C(=O)c3ccco3)CC2)C1. The molecule has 0 spiro atoms. The van der Waals surface area contributed by atoms with E-state index >= 15 is 0 Å². The molecule has 2 fully saturated rings. The Balaban J connectivity index is 1.37. The molecular weight excluding hydrogens is 292 g/mol. The molecule has 23 heavy (non-hydrogen) atoms. The molecule has 124 valence electrons. The summed E-state index contributed by atoms with van der Waals surface area (Å²) in [6.07, 6.45) is 6.49. The van der Waals surface area contributed by atoms with Crippen LogP contribution in [0.2, 0.25) is 0 Å². The normalized spacial score (nSPS) is 18.9. The molecule has 5 nitrogen and oxygen atoms in total. The van der Waals surface area contributed by atoms with Gasteiger partial charge in [0.15, 0.2) is 5.76 Å². The molecule has 0 N–H and O–H groups in total. The summed E-state index contributed by atoms with van der Waals surface area (Å²) in [5, 5.41) is 0. The van der Waals surface area contributed by atoms with Crippen LogP contribution in [0.3, 0.4) is 0 Å². The van der Waals surface area contributed by atoms with E-state index in [1.165, 1.54) is 11.8 Å². The first-order chi connectivity index (χ1) is 11.1. The number of furan rings is 1. The monoisotopic (exact) mass is 316 g/mol. The topological polar surface area (TPSA) is 53.8 Å². The molecule has 2 aliphatic rings. The second-order valence-electron chi connectivity index (χ2n) is 6.57. The minimum Gasteiger partial charge on any atom is -0.459 e. The van der Waals surface area contributed by atoms with Gasteiger partial charge >= 0.3 is 0 Å². The van der Waals surface area contributed by atoms with Crippen molar-refractivity contribution in [1.82, 2.24) is 9.80 Å². The van der Waals surface area contributed by atoms with Crippen molar-refractivity contribution in [3.8, 4) is 0 Å². The van der Waals surface area contributed by atoms with Crippen molar-refractivity contribution in [2.24, 2.45) is 5.92 Å². The third-order valence-electron chi connectivity index (χ3n) is 4.81. The molecule has 1 saturated heterocycles. The van der Waals surface area contributed by atoms with Gasteiger partial charge in [0.1, 0.15) is 0 Å². The molecule has 0 atom stereocenters. The first-order valence-electron chi connectivity index (χ1n) is 8.40. The molecule has 1 aliphatic heterocycles. The van der Waals surface area contributed by atoms with Crippen LogP contribution in [-0.4, -0.2) is 47.8 Å². The van der Waals surface area contributed by atoms with Gasteiger partial charge in [0.25, 0.3) is 5.91 Å². The first-order valence-corrected chi connectivity index (χ1v) is 8.40. The lowest BCUT2D eigenvalue weighted by Crippen LogP contribution is -2.50. The van der Waals surface area contributed by atoms with Crippen molar-refractivity contribution in [3.05, 3.63) is 36.3 Å². The zero-order valence-corrected chi connectivity index (χ0v) is 13.5. The van der Waals surface area contributed by atoms with Crippen LogP contribution in [0.4, 0.5) is 0 Å². The molecule has 0 bridgehead atoms. The highest BCUT2D eigenvalue weighted by atomic mass is 16.3. The Kier molecular flexibility index (Phi) is 4.84. The van der Waals surface area contributed by atoms with E-state index < -0.39 is 0 Å². The minimum atomic E-state index is -0.0905. The van der Waals surface area contributed by atoms with Crippen LogP contribution in [0.5, 0.6) is 0 Å².